The zero-order valence-corrected chi connectivity index (χ0v) is 19.1. The van der Waals surface area contributed by atoms with Gasteiger partial charge in [-0.2, -0.15) is 0 Å². The Labute approximate surface area is 194 Å². The van der Waals surface area contributed by atoms with Crippen LogP contribution in [0.3, 0.4) is 0 Å². The molecule has 0 saturated heterocycles. The van der Waals surface area contributed by atoms with Crippen LogP contribution in [0.15, 0.2) is 59.4 Å². The summed E-state index contributed by atoms with van der Waals surface area (Å²) in [5.41, 5.74) is 1.61. The van der Waals surface area contributed by atoms with E-state index in [1.54, 1.807) is 49.0 Å². The molecule has 7 nitrogen and oxygen atoms in total. The van der Waals surface area contributed by atoms with Crippen LogP contribution in [0.5, 0.6) is 0 Å². The third-order valence-corrected chi connectivity index (χ3v) is 5.56. The van der Waals surface area contributed by atoms with Crippen molar-refractivity contribution in [3.8, 4) is 5.69 Å². The Morgan fingerprint density at radius 1 is 1.09 bits per heavy atom. The molecule has 166 valence electrons. The number of carbonyl (C=O) groups is 2. The molecule has 0 aliphatic heterocycles. The zero-order valence-electron chi connectivity index (χ0n) is 17.6. The van der Waals surface area contributed by atoms with E-state index in [1.807, 2.05) is 18.2 Å². The SMILES string of the molecule is Cc1c(NC(=O)C(C)OC(=O)/C=C/c2ccc(Cl)c(Cl)c2)c(=O)n(-c2ccccc2)n1C. The Morgan fingerprint density at radius 2 is 1.78 bits per heavy atom. The predicted molar refractivity (Wildman–Crippen MR) is 125 cm³/mol. The molecule has 0 spiro atoms. The quantitative estimate of drug-likeness (QED) is 0.425. The molecule has 0 radical (unpaired) electrons. The van der Waals surface area contributed by atoms with Crippen molar-refractivity contribution in [1.29, 1.82) is 0 Å². The fourth-order valence-corrected chi connectivity index (χ4v) is 3.29. The molecule has 2 aromatic carbocycles. The van der Waals surface area contributed by atoms with Crippen molar-refractivity contribution in [1.82, 2.24) is 9.36 Å². The fraction of sp³-hybridized carbons (Fsp3) is 0.174. The van der Waals surface area contributed by atoms with E-state index >= 15 is 0 Å². The lowest BCUT2D eigenvalue weighted by molar-refractivity contribution is -0.148. The van der Waals surface area contributed by atoms with E-state index in [0.29, 0.717) is 27.0 Å². The number of halogens is 2. The van der Waals surface area contributed by atoms with E-state index < -0.39 is 18.0 Å². The maximum absolute atomic E-state index is 12.9. The molecule has 3 rings (SSSR count). The van der Waals surface area contributed by atoms with Crippen LogP contribution < -0.4 is 10.9 Å². The third kappa shape index (κ3) is 5.12. The molecule has 1 heterocycles. The molecule has 1 N–H and O–H groups in total. The molecule has 1 amide bonds. The zero-order chi connectivity index (χ0) is 23.4. The molecule has 0 fully saturated rings. The number of anilines is 1. The second kappa shape index (κ2) is 9.89. The lowest BCUT2D eigenvalue weighted by atomic mass is 10.2. The summed E-state index contributed by atoms with van der Waals surface area (Å²) in [6.45, 7) is 3.14. The van der Waals surface area contributed by atoms with Gasteiger partial charge in [0.15, 0.2) is 6.10 Å². The van der Waals surface area contributed by atoms with Gasteiger partial charge in [-0.15, -0.1) is 0 Å². The van der Waals surface area contributed by atoms with Gasteiger partial charge in [0, 0.05) is 13.1 Å². The van der Waals surface area contributed by atoms with Gasteiger partial charge in [0.1, 0.15) is 5.69 Å². The summed E-state index contributed by atoms with van der Waals surface area (Å²) in [4.78, 5) is 37.5. The number of benzene rings is 2. The number of aromatic nitrogens is 2. The normalized spacial score (nSPS) is 12.0. The minimum absolute atomic E-state index is 0.121. The number of hydrogen-bond acceptors (Lipinski definition) is 4. The highest BCUT2D eigenvalue weighted by Gasteiger charge is 2.22. The number of nitrogens with one attached hydrogen (secondary N) is 1. The van der Waals surface area contributed by atoms with Crippen LogP contribution in [-0.2, 0) is 21.4 Å². The average molecular weight is 474 g/mol. The third-order valence-electron chi connectivity index (χ3n) is 4.82. The van der Waals surface area contributed by atoms with Gasteiger partial charge in [-0.1, -0.05) is 47.5 Å². The number of esters is 1. The number of nitrogens with zero attached hydrogens (tertiary/aromatic N) is 2. The average Bonchev–Trinajstić information content (AvgIpc) is 2.98. The van der Waals surface area contributed by atoms with Crippen molar-refractivity contribution in [2.45, 2.75) is 20.0 Å². The number of hydrogen-bond donors (Lipinski definition) is 1. The highest BCUT2D eigenvalue weighted by atomic mass is 35.5. The number of carbonyl (C=O) groups excluding carboxylic acids is 2. The number of rotatable bonds is 6. The summed E-state index contributed by atoms with van der Waals surface area (Å²) >= 11 is 11.8. The molecule has 0 aliphatic rings. The summed E-state index contributed by atoms with van der Waals surface area (Å²) in [6.07, 6.45) is 1.55. The highest BCUT2D eigenvalue weighted by molar-refractivity contribution is 6.42. The maximum Gasteiger partial charge on any atom is 0.331 e. The van der Waals surface area contributed by atoms with E-state index in [4.69, 9.17) is 27.9 Å². The second-order valence-corrected chi connectivity index (χ2v) is 7.83. The monoisotopic (exact) mass is 473 g/mol. The minimum Gasteiger partial charge on any atom is -0.449 e. The Kier molecular flexibility index (Phi) is 7.22. The molecule has 9 heteroatoms. The summed E-state index contributed by atoms with van der Waals surface area (Å²) in [7, 11) is 1.72. The lowest BCUT2D eigenvalue weighted by Crippen LogP contribution is -2.31. The van der Waals surface area contributed by atoms with Gasteiger partial charge in [0.2, 0.25) is 0 Å². The predicted octanol–water partition coefficient (Wildman–Crippen LogP) is 4.37. The lowest BCUT2D eigenvalue weighted by Gasteiger charge is -2.11. The molecule has 3 aromatic rings. The van der Waals surface area contributed by atoms with Gasteiger partial charge in [0.25, 0.3) is 11.5 Å². The van der Waals surface area contributed by atoms with Gasteiger partial charge in [-0.05, 0) is 49.8 Å². The summed E-state index contributed by atoms with van der Waals surface area (Å²) in [5.74, 6) is -1.34. The molecule has 32 heavy (non-hydrogen) atoms. The molecule has 0 aliphatic carbocycles. The van der Waals surface area contributed by atoms with Crippen molar-refractivity contribution in [3.63, 3.8) is 0 Å². The van der Waals surface area contributed by atoms with Crippen LogP contribution >= 0.6 is 23.2 Å². The van der Waals surface area contributed by atoms with Crippen LogP contribution in [0, 0.1) is 6.92 Å². The topological polar surface area (TPSA) is 82.3 Å². The van der Waals surface area contributed by atoms with Crippen molar-refractivity contribution in [2.75, 3.05) is 5.32 Å². The standard InChI is InChI=1S/C23H21Cl2N3O4/c1-14-21(23(31)28(27(14)3)17-7-5-4-6-8-17)26-22(30)15(2)32-20(29)12-10-16-9-11-18(24)19(25)13-16/h4-13,15H,1-3H3,(H,26,30)/b12-10+. The minimum atomic E-state index is -1.12. The van der Waals surface area contributed by atoms with Crippen LogP contribution in [0.1, 0.15) is 18.2 Å². The summed E-state index contributed by atoms with van der Waals surface area (Å²) in [6, 6.07) is 13.9. The van der Waals surface area contributed by atoms with Gasteiger partial charge in [-0.3, -0.25) is 14.3 Å². The molecule has 0 saturated carbocycles. The van der Waals surface area contributed by atoms with E-state index in [9.17, 15) is 14.4 Å². The second-order valence-electron chi connectivity index (χ2n) is 7.01. The number of amides is 1. The number of ether oxygens (including phenoxy) is 1. The highest BCUT2D eigenvalue weighted by Crippen LogP contribution is 2.23. The van der Waals surface area contributed by atoms with Crippen LogP contribution in [0.4, 0.5) is 5.69 Å². The Balaban J connectivity index is 1.69. The van der Waals surface area contributed by atoms with Gasteiger partial charge < -0.3 is 10.1 Å². The smallest absolute Gasteiger partial charge is 0.331 e. The van der Waals surface area contributed by atoms with E-state index in [0.717, 1.165) is 0 Å². The first kappa shape index (κ1) is 23.4. The van der Waals surface area contributed by atoms with E-state index in [-0.39, 0.29) is 11.2 Å². The largest absolute Gasteiger partial charge is 0.449 e. The molecule has 0 bridgehead atoms. The van der Waals surface area contributed by atoms with Gasteiger partial charge in [0.05, 0.1) is 21.4 Å². The van der Waals surface area contributed by atoms with Crippen LogP contribution in [0.25, 0.3) is 11.8 Å². The van der Waals surface area contributed by atoms with Crippen LogP contribution in [-0.4, -0.2) is 27.3 Å². The van der Waals surface area contributed by atoms with Crippen molar-refractivity contribution < 1.29 is 14.3 Å². The van der Waals surface area contributed by atoms with E-state index in [1.165, 1.54) is 23.8 Å². The van der Waals surface area contributed by atoms with Crippen molar-refractivity contribution in [3.05, 3.63) is 86.3 Å². The van der Waals surface area contributed by atoms with Gasteiger partial charge >= 0.3 is 5.97 Å². The maximum atomic E-state index is 12.9. The molecule has 1 unspecified atom stereocenters. The van der Waals surface area contributed by atoms with Crippen molar-refractivity contribution >= 4 is 46.8 Å². The van der Waals surface area contributed by atoms with Crippen LogP contribution in [0.2, 0.25) is 10.0 Å². The molecular formula is C23H21Cl2N3O4. The molecule has 1 aromatic heterocycles. The summed E-state index contributed by atoms with van der Waals surface area (Å²) < 4.78 is 8.24. The van der Waals surface area contributed by atoms with E-state index in [2.05, 4.69) is 5.32 Å². The Bertz CT molecular complexity index is 1250. The first-order chi connectivity index (χ1) is 15.2. The fourth-order valence-electron chi connectivity index (χ4n) is 2.98. The first-order valence-corrected chi connectivity index (χ1v) is 10.4. The van der Waals surface area contributed by atoms with Crippen molar-refractivity contribution in [2.24, 2.45) is 7.05 Å². The molecular weight excluding hydrogens is 453 g/mol. The number of para-hydroxylation sites is 1. The first-order valence-electron chi connectivity index (χ1n) is 9.67. The van der Waals surface area contributed by atoms with Gasteiger partial charge in [-0.25, -0.2) is 9.48 Å². The summed E-state index contributed by atoms with van der Waals surface area (Å²) in [5, 5.41) is 3.33. The Hall–Kier alpha value is -3.29. The Morgan fingerprint density at radius 3 is 2.44 bits per heavy atom. The molecule has 1 atom stereocenters.